The van der Waals surface area contributed by atoms with Gasteiger partial charge in [-0.2, -0.15) is 0 Å². The van der Waals surface area contributed by atoms with Gasteiger partial charge in [0, 0.05) is 24.1 Å². The summed E-state index contributed by atoms with van der Waals surface area (Å²) >= 11 is 0. The SMILES string of the molecule is Cc1noc(C)c1CNC(=O)NC[C@@H]1C[C@@]12CCc1ccccc12. The molecule has 2 atom stereocenters. The average molecular weight is 325 g/mol. The number of fused-ring (bicyclic) bond motifs is 2. The van der Waals surface area contributed by atoms with Crippen molar-refractivity contribution in [3.8, 4) is 0 Å². The smallest absolute Gasteiger partial charge is 0.315 e. The number of nitrogens with one attached hydrogen (secondary N) is 2. The highest BCUT2D eigenvalue weighted by atomic mass is 16.5. The number of amides is 2. The van der Waals surface area contributed by atoms with E-state index in [-0.39, 0.29) is 6.03 Å². The first kappa shape index (κ1) is 15.2. The summed E-state index contributed by atoms with van der Waals surface area (Å²) in [6.45, 7) is 4.94. The van der Waals surface area contributed by atoms with Crippen LogP contribution in [0.25, 0.3) is 0 Å². The molecule has 0 aliphatic heterocycles. The van der Waals surface area contributed by atoms with Crippen molar-refractivity contribution in [1.29, 1.82) is 0 Å². The Labute approximate surface area is 141 Å². The molecule has 126 valence electrons. The number of carbonyl (C=O) groups excluding carboxylic acids is 1. The molecule has 5 heteroatoms. The zero-order chi connectivity index (χ0) is 16.7. The summed E-state index contributed by atoms with van der Waals surface area (Å²) in [6, 6.07) is 8.63. The van der Waals surface area contributed by atoms with Crippen LogP contribution in [0.3, 0.4) is 0 Å². The van der Waals surface area contributed by atoms with Gasteiger partial charge in [0.1, 0.15) is 5.76 Å². The van der Waals surface area contributed by atoms with Gasteiger partial charge in [0.15, 0.2) is 0 Å². The van der Waals surface area contributed by atoms with Crippen LogP contribution in [0.15, 0.2) is 28.8 Å². The van der Waals surface area contributed by atoms with E-state index in [1.807, 2.05) is 13.8 Å². The first-order valence-corrected chi connectivity index (χ1v) is 8.62. The van der Waals surface area contributed by atoms with Crippen molar-refractivity contribution in [2.75, 3.05) is 6.54 Å². The number of benzene rings is 1. The molecule has 1 aromatic heterocycles. The van der Waals surface area contributed by atoms with Gasteiger partial charge in [-0.1, -0.05) is 29.4 Å². The van der Waals surface area contributed by atoms with E-state index in [0.717, 1.165) is 23.6 Å². The normalized spacial score (nSPS) is 24.0. The molecular weight excluding hydrogens is 302 g/mol. The Balaban J connectivity index is 1.29. The van der Waals surface area contributed by atoms with Crippen molar-refractivity contribution in [2.45, 2.75) is 45.1 Å². The van der Waals surface area contributed by atoms with Gasteiger partial charge in [-0.05, 0) is 50.2 Å². The third-order valence-corrected chi connectivity index (χ3v) is 5.74. The summed E-state index contributed by atoms with van der Waals surface area (Å²) in [5.74, 6) is 1.32. The van der Waals surface area contributed by atoms with Crippen LogP contribution in [0.4, 0.5) is 4.79 Å². The Morgan fingerprint density at radius 2 is 2.17 bits per heavy atom. The molecule has 1 heterocycles. The Bertz CT molecular complexity index is 763. The molecule has 2 aliphatic rings. The molecule has 2 aliphatic carbocycles. The average Bonchev–Trinajstić information content (AvgIpc) is 3.03. The van der Waals surface area contributed by atoms with Crippen LogP contribution in [0, 0.1) is 19.8 Å². The van der Waals surface area contributed by atoms with Gasteiger partial charge in [0.2, 0.25) is 0 Å². The summed E-state index contributed by atoms with van der Waals surface area (Å²) in [4.78, 5) is 12.1. The number of nitrogens with zero attached hydrogens (tertiary/aromatic N) is 1. The monoisotopic (exact) mass is 325 g/mol. The fraction of sp³-hybridized carbons (Fsp3) is 0.474. The molecule has 24 heavy (non-hydrogen) atoms. The van der Waals surface area contributed by atoms with Crippen LogP contribution in [-0.4, -0.2) is 17.7 Å². The Morgan fingerprint density at radius 3 is 2.96 bits per heavy atom. The second-order valence-electron chi connectivity index (χ2n) is 7.08. The molecule has 0 saturated heterocycles. The van der Waals surface area contributed by atoms with Crippen molar-refractivity contribution < 1.29 is 9.32 Å². The minimum absolute atomic E-state index is 0.122. The van der Waals surface area contributed by atoms with E-state index in [1.54, 1.807) is 0 Å². The molecule has 1 spiro atoms. The fourth-order valence-corrected chi connectivity index (χ4v) is 4.20. The largest absolute Gasteiger partial charge is 0.361 e. The van der Waals surface area contributed by atoms with E-state index in [0.29, 0.717) is 17.9 Å². The molecule has 2 aromatic rings. The van der Waals surface area contributed by atoms with Crippen LogP contribution >= 0.6 is 0 Å². The summed E-state index contributed by atoms with van der Waals surface area (Å²) < 4.78 is 5.11. The summed E-state index contributed by atoms with van der Waals surface area (Å²) in [6.07, 6.45) is 3.58. The number of urea groups is 1. The number of aryl methyl sites for hydroxylation is 3. The van der Waals surface area contributed by atoms with Gasteiger partial charge in [0.25, 0.3) is 0 Å². The van der Waals surface area contributed by atoms with E-state index in [2.05, 4.69) is 40.1 Å². The maximum absolute atomic E-state index is 12.1. The minimum Gasteiger partial charge on any atom is -0.361 e. The number of hydrogen-bond donors (Lipinski definition) is 2. The molecule has 0 radical (unpaired) electrons. The van der Waals surface area contributed by atoms with E-state index in [9.17, 15) is 4.79 Å². The van der Waals surface area contributed by atoms with Crippen molar-refractivity contribution in [3.63, 3.8) is 0 Å². The number of hydrogen-bond acceptors (Lipinski definition) is 3. The Hall–Kier alpha value is -2.30. The van der Waals surface area contributed by atoms with E-state index in [1.165, 1.54) is 30.4 Å². The van der Waals surface area contributed by atoms with Gasteiger partial charge in [-0.25, -0.2) is 4.79 Å². The first-order chi connectivity index (χ1) is 11.6. The molecule has 0 bridgehead atoms. The zero-order valence-electron chi connectivity index (χ0n) is 14.2. The summed E-state index contributed by atoms with van der Waals surface area (Å²) in [7, 11) is 0. The van der Waals surface area contributed by atoms with Crippen molar-refractivity contribution in [3.05, 3.63) is 52.4 Å². The van der Waals surface area contributed by atoms with Gasteiger partial charge in [-0.15, -0.1) is 0 Å². The van der Waals surface area contributed by atoms with Crippen LogP contribution in [0.2, 0.25) is 0 Å². The molecule has 1 aromatic carbocycles. The molecule has 4 rings (SSSR count). The van der Waals surface area contributed by atoms with Gasteiger partial charge in [-0.3, -0.25) is 0 Å². The predicted octanol–water partition coefficient (Wildman–Crippen LogP) is 2.99. The number of carbonyl (C=O) groups is 1. The van der Waals surface area contributed by atoms with E-state index in [4.69, 9.17) is 4.52 Å². The molecule has 2 amide bonds. The standard InChI is InChI=1S/C19H23N3O2/c1-12-16(13(2)24-22-12)11-21-18(23)20-10-15-9-19(15)8-7-14-5-3-4-6-17(14)19/h3-6,15H,7-11H2,1-2H3,(H2,20,21,23)/t15-,19-/m0/s1. The van der Waals surface area contributed by atoms with Crippen LogP contribution in [-0.2, 0) is 18.4 Å². The highest BCUT2D eigenvalue weighted by Gasteiger charge is 2.57. The van der Waals surface area contributed by atoms with E-state index < -0.39 is 0 Å². The molecule has 1 fully saturated rings. The lowest BCUT2D eigenvalue weighted by atomic mass is 9.95. The maximum atomic E-state index is 12.1. The Morgan fingerprint density at radius 1 is 1.33 bits per heavy atom. The van der Waals surface area contributed by atoms with Crippen molar-refractivity contribution in [1.82, 2.24) is 15.8 Å². The van der Waals surface area contributed by atoms with Gasteiger partial charge >= 0.3 is 6.03 Å². The minimum atomic E-state index is -0.122. The zero-order valence-corrected chi connectivity index (χ0v) is 14.2. The quantitative estimate of drug-likeness (QED) is 0.908. The number of rotatable bonds is 4. The van der Waals surface area contributed by atoms with Gasteiger partial charge in [0.05, 0.1) is 5.69 Å². The van der Waals surface area contributed by atoms with E-state index >= 15 is 0 Å². The first-order valence-electron chi connectivity index (χ1n) is 8.62. The summed E-state index contributed by atoms with van der Waals surface area (Å²) in [5, 5.41) is 9.83. The third kappa shape index (κ3) is 2.48. The topological polar surface area (TPSA) is 67.2 Å². The molecule has 2 N–H and O–H groups in total. The number of aromatic nitrogens is 1. The lowest BCUT2D eigenvalue weighted by molar-refractivity contribution is 0.239. The summed E-state index contributed by atoms with van der Waals surface area (Å²) in [5.41, 5.74) is 5.11. The third-order valence-electron chi connectivity index (χ3n) is 5.74. The molecular formula is C19H23N3O2. The second kappa shape index (κ2) is 5.65. The highest BCUT2D eigenvalue weighted by molar-refractivity contribution is 5.74. The second-order valence-corrected chi connectivity index (χ2v) is 7.08. The predicted molar refractivity (Wildman–Crippen MR) is 90.8 cm³/mol. The molecule has 5 nitrogen and oxygen atoms in total. The maximum Gasteiger partial charge on any atom is 0.315 e. The Kier molecular flexibility index (Phi) is 3.59. The molecule has 1 saturated carbocycles. The fourth-order valence-electron chi connectivity index (χ4n) is 4.20. The van der Waals surface area contributed by atoms with Crippen LogP contribution in [0.1, 0.15) is 41.0 Å². The highest BCUT2D eigenvalue weighted by Crippen LogP contribution is 2.61. The van der Waals surface area contributed by atoms with Crippen LogP contribution < -0.4 is 10.6 Å². The van der Waals surface area contributed by atoms with Crippen molar-refractivity contribution >= 4 is 6.03 Å². The lowest BCUT2D eigenvalue weighted by Crippen LogP contribution is -2.37. The van der Waals surface area contributed by atoms with Crippen molar-refractivity contribution in [2.24, 2.45) is 5.92 Å². The van der Waals surface area contributed by atoms with Crippen LogP contribution in [0.5, 0.6) is 0 Å². The molecule has 0 unspecified atom stereocenters. The lowest BCUT2D eigenvalue weighted by Gasteiger charge is -2.12. The van der Waals surface area contributed by atoms with Gasteiger partial charge < -0.3 is 15.2 Å².